The number of rotatable bonds is 13. The lowest BCUT2D eigenvalue weighted by Crippen LogP contribution is -2.57. The summed E-state index contributed by atoms with van der Waals surface area (Å²) in [5.74, 6) is -2.50. The predicted molar refractivity (Wildman–Crippen MR) is 159 cm³/mol. The number of halogens is 3. The number of carbonyl (C=O) groups excluding carboxylic acids is 1. The molecule has 3 atom stereocenters. The molecule has 1 amide bonds. The standard InChI is InChI=1S/C32H34F3N3O5S/c1-21(2)17-27(30(41)38-31(20-36,19-28(39)40)18-22-7-5-4-6-8-22)37-29(32(33,34)35)25-11-9-23(10-12-25)24-13-15-26(16-14-24)44(3,42)43/h4-16,21,27,29,37H,17-19H2,1-3H3,(H,38,41)(H,39,40)/t27-,29-,31-/m0/s1. The Kier molecular flexibility index (Phi) is 10.9. The van der Waals surface area contributed by atoms with Gasteiger partial charge in [-0.25, -0.2) is 8.42 Å². The van der Waals surface area contributed by atoms with Crippen LogP contribution < -0.4 is 10.6 Å². The van der Waals surface area contributed by atoms with Gasteiger partial charge in [0.05, 0.1) is 23.4 Å². The average molecular weight is 630 g/mol. The Morgan fingerprint density at radius 3 is 1.93 bits per heavy atom. The molecule has 0 aliphatic rings. The van der Waals surface area contributed by atoms with E-state index in [1.54, 1.807) is 56.3 Å². The van der Waals surface area contributed by atoms with Gasteiger partial charge in [-0.2, -0.15) is 18.4 Å². The van der Waals surface area contributed by atoms with Gasteiger partial charge in [0, 0.05) is 12.7 Å². The number of benzene rings is 3. The first-order chi connectivity index (χ1) is 20.5. The van der Waals surface area contributed by atoms with Gasteiger partial charge < -0.3 is 10.4 Å². The Morgan fingerprint density at radius 1 is 0.932 bits per heavy atom. The lowest BCUT2D eigenvalue weighted by Gasteiger charge is -2.32. The molecule has 3 aromatic rings. The predicted octanol–water partition coefficient (Wildman–Crippen LogP) is 5.46. The van der Waals surface area contributed by atoms with Crippen LogP contribution in [-0.4, -0.2) is 49.4 Å². The molecular formula is C32H34F3N3O5S. The fraction of sp³-hybridized carbons (Fsp3) is 0.344. The van der Waals surface area contributed by atoms with Crippen molar-refractivity contribution in [2.24, 2.45) is 5.92 Å². The summed E-state index contributed by atoms with van der Waals surface area (Å²) in [6, 6.07) is 18.1. The maximum absolute atomic E-state index is 14.4. The second-order valence-electron chi connectivity index (χ2n) is 11.2. The summed E-state index contributed by atoms with van der Waals surface area (Å²) in [7, 11) is -3.41. The summed E-state index contributed by atoms with van der Waals surface area (Å²) in [6.45, 7) is 3.46. The second-order valence-corrected chi connectivity index (χ2v) is 13.2. The van der Waals surface area contributed by atoms with Crippen molar-refractivity contribution < 1.29 is 36.3 Å². The minimum Gasteiger partial charge on any atom is -0.481 e. The quantitative estimate of drug-likeness (QED) is 0.228. The molecule has 3 aromatic carbocycles. The van der Waals surface area contributed by atoms with E-state index in [1.165, 1.54) is 36.4 Å². The summed E-state index contributed by atoms with van der Waals surface area (Å²) in [4.78, 5) is 25.3. The highest BCUT2D eigenvalue weighted by Gasteiger charge is 2.44. The fourth-order valence-electron chi connectivity index (χ4n) is 4.85. The minimum atomic E-state index is -4.81. The molecule has 234 valence electrons. The molecule has 0 fully saturated rings. The molecule has 3 rings (SSSR count). The first-order valence-corrected chi connectivity index (χ1v) is 15.6. The van der Waals surface area contributed by atoms with Crippen molar-refractivity contribution in [3.63, 3.8) is 0 Å². The topological polar surface area (TPSA) is 136 Å². The van der Waals surface area contributed by atoms with E-state index in [0.717, 1.165) is 6.26 Å². The number of alkyl halides is 3. The van der Waals surface area contributed by atoms with E-state index in [-0.39, 0.29) is 29.2 Å². The molecule has 0 heterocycles. The number of nitriles is 1. The van der Waals surface area contributed by atoms with E-state index in [2.05, 4.69) is 10.6 Å². The van der Waals surface area contributed by atoms with Crippen LogP contribution in [0, 0.1) is 17.2 Å². The number of carboxylic acids is 1. The van der Waals surface area contributed by atoms with Gasteiger partial charge in [-0.3, -0.25) is 14.9 Å². The molecule has 12 heteroatoms. The number of nitrogens with zero attached hydrogens (tertiary/aromatic N) is 1. The lowest BCUT2D eigenvalue weighted by atomic mass is 9.88. The van der Waals surface area contributed by atoms with Crippen molar-refractivity contribution in [2.45, 2.75) is 61.8 Å². The summed E-state index contributed by atoms with van der Waals surface area (Å²) < 4.78 is 66.8. The van der Waals surface area contributed by atoms with Crippen LogP contribution in [0.15, 0.2) is 83.8 Å². The van der Waals surface area contributed by atoms with Crippen molar-refractivity contribution in [2.75, 3.05) is 6.26 Å². The third-order valence-corrected chi connectivity index (χ3v) is 8.09. The minimum absolute atomic E-state index is 0.0247. The zero-order valence-corrected chi connectivity index (χ0v) is 25.2. The largest absolute Gasteiger partial charge is 0.481 e. The Labute approximate surface area is 254 Å². The van der Waals surface area contributed by atoms with Gasteiger partial charge in [0.25, 0.3) is 0 Å². The van der Waals surface area contributed by atoms with Gasteiger partial charge in [-0.1, -0.05) is 80.6 Å². The normalized spacial score (nSPS) is 14.7. The molecule has 0 unspecified atom stereocenters. The monoisotopic (exact) mass is 629 g/mol. The highest BCUT2D eigenvalue weighted by molar-refractivity contribution is 7.90. The highest BCUT2D eigenvalue weighted by Crippen LogP contribution is 2.35. The number of nitrogens with one attached hydrogen (secondary N) is 2. The molecule has 0 spiro atoms. The van der Waals surface area contributed by atoms with Crippen LogP contribution in [0.25, 0.3) is 11.1 Å². The lowest BCUT2D eigenvalue weighted by molar-refractivity contribution is -0.161. The summed E-state index contributed by atoms with van der Waals surface area (Å²) in [5, 5.41) is 24.4. The Bertz CT molecular complexity index is 1590. The molecule has 0 bridgehead atoms. The zero-order chi connectivity index (χ0) is 32.7. The average Bonchev–Trinajstić information content (AvgIpc) is 2.94. The second kappa shape index (κ2) is 14.1. The first-order valence-electron chi connectivity index (χ1n) is 13.8. The molecule has 3 N–H and O–H groups in total. The van der Waals surface area contributed by atoms with Crippen LogP contribution in [0.2, 0.25) is 0 Å². The van der Waals surface area contributed by atoms with Crippen molar-refractivity contribution in [1.82, 2.24) is 10.6 Å². The number of sulfone groups is 1. The van der Waals surface area contributed by atoms with Gasteiger partial charge in [-0.15, -0.1) is 0 Å². The molecule has 0 aromatic heterocycles. The van der Waals surface area contributed by atoms with E-state index in [4.69, 9.17) is 0 Å². The Morgan fingerprint density at radius 2 is 1.48 bits per heavy atom. The van der Waals surface area contributed by atoms with Gasteiger partial charge in [0.2, 0.25) is 5.91 Å². The Hall–Kier alpha value is -4.21. The number of amides is 1. The van der Waals surface area contributed by atoms with Crippen LogP contribution in [0.1, 0.15) is 43.9 Å². The van der Waals surface area contributed by atoms with Gasteiger partial charge in [0.15, 0.2) is 9.84 Å². The van der Waals surface area contributed by atoms with Crippen molar-refractivity contribution >= 4 is 21.7 Å². The van der Waals surface area contributed by atoms with Gasteiger partial charge >= 0.3 is 12.1 Å². The number of hydrogen-bond donors (Lipinski definition) is 3. The van der Waals surface area contributed by atoms with E-state index in [0.29, 0.717) is 16.7 Å². The van der Waals surface area contributed by atoms with Crippen LogP contribution in [-0.2, 0) is 25.8 Å². The van der Waals surface area contributed by atoms with E-state index in [1.807, 2.05) is 6.07 Å². The summed E-state index contributed by atoms with van der Waals surface area (Å²) >= 11 is 0. The molecule has 44 heavy (non-hydrogen) atoms. The molecule has 0 aliphatic heterocycles. The first kappa shape index (κ1) is 34.3. The van der Waals surface area contributed by atoms with E-state index >= 15 is 0 Å². The fourth-order valence-corrected chi connectivity index (χ4v) is 5.48. The third kappa shape index (κ3) is 9.39. The van der Waals surface area contributed by atoms with Crippen LogP contribution >= 0.6 is 0 Å². The number of hydrogen-bond acceptors (Lipinski definition) is 6. The highest BCUT2D eigenvalue weighted by atomic mass is 32.2. The van der Waals surface area contributed by atoms with Crippen LogP contribution in [0.4, 0.5) is 13.2 Å². The maximum Gasteiger partial charge on any atom is 0.407 e. The van der Waals surface area contributed by atoms with Crippen molar-refractivity contribution in [1.29, 1.82) is 5.26 Å². The Balaban J connectivity index is 1.91. The zero-order valence-electron chi connectivity index (χ0n) is 24.4. The molecule has 0 saturated heterocycles. The third-order valence-electron chi connectivity index (χ3n) is 6.96. The SMILES string of the molecule is CC(C)C[C@H](N[C@@H](c1ccc(-c2ccc(S(C)(=O)=O)cc2)cc1)C(F)(F)F)C(=O)N[C@](C#N)(CC(=O)O)Cc1ccccc1. The number of carbonyl (C=O) groups is 2. The van der Waals surface area contributed by atoms with E-state index < -0.39 is 51.9 Å². The number of carboxylic acid groups (broad SMARTS) is 1. The smallest absolute Gasteiger partial charge is 0.407 e. The van der Waals surface area contributed by atoms with Crippen molar-refractivity contribution in [3.05, 3.63) is 90.0 Å². The molecule has 0 aliphatic carbocycles. The molecular weight excluding hydrogens is 595 g/mol. The molecule has 0 saturated carbocycles. The van der Waals surface area contributed by atoms with Gasteiger partial charge in [-0.05, 0) is 46.7 Å². The van der Waals surface area contributed by atoms with E-state index in [9.17, 15) is 41.5 Å². The maximum atomic E-state index is 14.4. The van der Waals surface area contributed by atoms with Crippen LogP contribution in [0.3, 0.4) is 0 Å². The van der Waals surface area contributed by atoms with Crippen molar-refractivity contribution in [3.8, 4) is 17.2 Å². The molecule has 8 nitrogen and oxygen atoms in total. The summed E-state index contributed by atoms with van der Waals surface area (Å²) in [6.07, 6.45) is -4.68. The number of aliphatic carboxylic acids is 1. The van der Waals surface area contributed by atoms with Gasteiger partial charge in [0.1, 0.15) is 11.6 Å². The molecule has 0 radical (unpaired) electrons. The summed E-state index contributed by atoms with van der Waals surface area (Å²) in [5.41, 5.74) is -0.342. The van der Waals surface area contributed by atoms with Crippen LogP contribution in [0.5, 0.6) is 0 Å².